The number of nitrogens with one attached hydrogen (secondary N) is 1. The number of hydrogen-bond acceptors (Lipinski definition) is 3. The number of urea groups is 1. The van der Waals surface area contributed by atoms with E-state index in [1.165, 1.54) is 3.57 Å². The topological polar surface area (TPSA) is 50.8 Å². The minimum absolute atomic E-state index is 0.0892. The van der Waals surface area contributed by atoms with Crippen molar-refractivity contribution in [2.45, 2.75) is 6.61 Å². The van der Waals surface area contributed by atoms with Gasteiger partial charge in [0.25, 0.3) is 0 Å². The molecule has 0 radical (unpaired) electrons. The van der Waals surface area contributed by atoms with Gasteiger partial charge in [-0.15, -0.1) is 0 Å². The van der Waals surface area contributed by atoms with Gasteiger partial charge in [0.1, 0.15) is 0 Å². The third-order valence-corrected chi connectivity index (χ3v) is 4.83. The number of amides is 2. The predicted octanol–water partition coefficient (Wildman–Crippen LogP) is 3.97. The Hall–Kier alpha value is -1.64. The molecule has 1 fully saturated rings. The standard InChI is InChI=1S/C19H21IN2O3/c1-24-13-15-12-17(21-19(23)22-8-10-25-11-9-22)6-7-18(15)14-2-4-16(20)5-3-14/h2-7,12H,8-11,13H2,1H3,(H,21,23). The van der Waals surface area contributed by atoms with Crippen LogP contribution in [-0.2, 0) is 16.1 Å². The van der Waals surface area contributed by atoms with Crippen molar-refractivity contribution in [2.75, 3.05) is 38.7 Å². The van der Waals surface area contributed by atoms with Gasteiger partial charge in [-0.2, -0.15) is 0 Å². The van der Waals surface area contributed by atoms with Crippen LogP contribution in [0.4, 0.5) is 10.5 Å². The molecule has 1 aliphatic heterocycles. The SMILES string of the molecule is COCc1cc(NC(=O)N2CCOCC2)ccc1-c1ccc(I)cc1. The van der Waals surface area contributed by atoms with Crippen LogP contribution in [0, 0.1) is 3.57 Å². The molecule has 1 heterocycles. The lowest BCUT2D eigenvalue weighted by atomic mass is 9.99. The van der Waals surface area contributed by atoms with Gasteiger partial charge in [0.2, 0.25) is 0 Å². The Morgan fingerprint density at radius 2 is 1.92 bits per heavy atom. The van der Waals surface area contributed by atoms with Crippen LogP contribution in [0.15, 0.2) is 42.5 Å². The number of benzene rings is 2. The van der Waals surface area contributed by atoms with Crippen molar-refractivity contribution >= 4 is 34.3 Å². The lowest BCUT2D eigenvalue weighted by Crippen LogP contribution is -2.43. The zero-order valence-electron chi connectivity index (χ0n) is 14.1. The number of hydrogen-bond donors (Lipinski definition) is 1. The van der Waals surface area contributed by atoms with Crippen LogP contribution in [0.25, 0.3) is 11.1 Å². The van der Waals surface area contributed by atoms with Gasteiger partial charge < -0.3 is 19.7 Å². The molecule has 0 spiro atoms. The van der Waals surface area contributed by atoms with Crippen molar-refractivity contribution in [3.05, 3.63) is 51.6 Å². The molecule has 1 N–H and O–H groups in total. The number of ether oxygens (including phenoxy) is 2. The summed E-state index contributed by atoms with van der Waals surface area (Å²) in [5.41, 5.74) is 4.07. The average molecular weight is 452 g/mol. The summed E-state index contributed by atoms with van der Waals surface area (Å²) < 4.78 is 11.8. The van der Waals surface area contributed by atoms with Crippen LogP contribution in [0.2, 0.25) is 0 Å². The largest absolute Gasteiger partial charge is 0.380 e. The van der Waals surface area contributed by atoms with Gasteiger partial charge in [-0.3, -0.25) is 0 Å². The minimum atomic E-state index is -0.0892. The van der Waals surface area contributed by atoms with Crippen LogP contribution in [0.1, 0.15) is 5.56 Å². The molecule has 0 bridgehead atoms. The molecular formula is C19H21IN2O3. The third kappa shape index (κ3) is 4.71. The van der Waals surface area contributed by atoms with Gasteiger partial charge in [0, 0.05) is 29.5 Å². The Balaban J connectivity index is 1.80. The molecule has 0 saturated carbocycles. The first-order valence-corrected chi connectivity index (χ1v) is 9.27. The van der Waals surface area contributed by atoms with Crippen LogP contribution >= 0.6 is 22.6 Å². The number of anilines is 1. The first-order chi connectivity index (χ1) is 12.2. The van der Waals surface area contributed by atoms with Crippen LogP contribution in [0.5, 0.6) is 0 Å². The van der Waals surface area contributed by atoms with Crippen LogP contribution < -0.4 is 5.32 Å². The summed E-state index contributed by atoms with van der Waals surface area (Å²) in [6, 6.07) is 14.2. The number of carbonyl (C=O) groups excluding carboxylic acids is 1. The monoisotopic (exact) mass is 452 g/mol. The van der Waals surface area contributed by atoms with E-state index in [9.17, 15) is 4.79 Å². The molecule has 2 aromatic carbocycles. The first kappa shape index (κ1) is 18.2. The van der Waals surface area contributed by atoms with E-state index in [2.05, 4.69) is 52.2 Å². The quantitative estimate of drug-likeness (QED) is 0.715. The highest BCUT2D eigenvalue weighted by atomic mass is 127. The van der Waals surface area contributed by atoms with E-state index in [4.69, 9.17) is 9.47 Å². The average Bonchev–Trinajstić information content (AvgIpc) is 2.64. The molecule has 1 saturated heterocycles. The lowest BCUT2D eigenvalue weighted by molar-refractivity contribution is 0.0564. The van der Waals surface area contributed by atoms with E-state index in [1.807, 2.05) is 18.2 Å². The molecule has 0 unspecified atom stereocenters. The number of morpholine rings is 1. The summed E-state index contributed by atoms with van der Waals surface area (Å²) in [6.07, 6.45) is 0. The molecule has 0 atom stereocenters. The fourth-order valence-corrected chi connectivity index (χ4v) is 3.19. The smallest absolute Gasteiger partial charge is 0.321 e. The molecule has 3 rings (SSSR count). The third-order valence-electron chi connectivity index (χ3n) is 4.11. The fraction of sp³-hybridized carbons (Fsp3) is 0.316. The maximum absolute atomic E-state index is 12.4. The highest BCUT2D eigenvalue weighted by Gasteiger charge is 2.17. The molecule has 2 amide bonds. The summed E-state index contributed by atoms with van der Waals surface area (Å²) >= 11 is 2.30. The molecule has 2 aromatic rings. The van der Waals surface area contributed by atoms with Gasteiger partial charge >= 0.3 is 6.03 Å². The normalized spacial score (nSPS) is 14.4. The summed E-state index contributed by atoms with van der Waals surface area (Å²) in [6.45, 7) is 2.92. The van der Waals surface area contributed by atoms with Crippen molar-refractivity contribution in [1.82, 2.24) is 4.90 Å². The molecule has 132 valence electrons. The Kier molecular flexibility index (Phi) is 6.28. The Morgan fingerprint density at radius 3 is 2.60 bits per heavy atom. The van der Waals surface area contributed by atoms with Gasteiger partial charge in [-0.05, 0) is 63.5 Å². The van der Waals surface area contributed by atoms with Crippen molar-refractivity contribution in [1.29, 1.82) is 0 Å². The lowest BCUT2D eigenvalue weighted by Gasteiger charge is -2.27. The van der Waals surface area contributed by atoms with Gasteiger partial charge in [0.05, 0.1) is 19.8 Å². The summed E-state index contributed by atoms with van der Waals surface area (Å²) in [5, 5.41) is 2.97. The second kappa shape index (κ2) is 8.64. The maximum Gasteiger partial charge on any atom is 0.321 e. The van der Waals surface area contributed by atoms with Gasteiger partial charge in [-0.25, -0.2) is 4.79 Å². The fourth-order valence-electron chi connectivity index (χ4n) is 2.83. The molecular weight excluding hydrogens is 431 g/mol. The molecule has 1 aliphatic rings. The predicted molar refractivity (Wildman–Crippen MR) is 107 cm³/mol. The van der Waals surface area contributed by atoms with Crippen molar-refractivity contribution < 1.29 is 14.3 Å². The van der Waals surface area contributed by atoms with E-state index in [0.29, 0.717) is 32.9 Å². The molecule has 0 aliphatic carbocycles. The Morgan fingerprint density at radius 1 is 1.20 bits per heavy atom. The van der Waals surface area contributed by atoms with Crippen LogP contribution in [-0.4, -0.2) is 44.3 Å². The number of nitrogens with zero attached hydrogens (tertiary/aromatic N) is 1. The minimum Gasteiger partial charge on any atom is -0.380 e. The summed E-state index contributed by atoms with van der Waals surface area (Å²) in [7, 11) is 1.68. The molecule has 5 nitrogen and oxygen atoms in total. The van der Waals surface area contributed by atoms with Crippen molar-refractivity contribution in [2.24, 2.45) is 0 Å². The van der Waals surface area contributed by atoms with Crippen molar-refractivity contribution in [3.8, 4) is 11.1 Å². The molecule has 0 aromatic heterocycles. The van der Waals surface area contributed by atoms with Gasteiger partial charge in [-0.1, -0.05) is 18.2 Å². The van der Waals surface area contributed by atoms with E-state index in [1.54, 1.807) is 12.0 Å². The number of halogens is 1. The van der Waals surface area contributed by atoms with Crippen LogP contribution in [0.3, 0.4) is 0 Å². The molecule has 6 heteroatoms. The number of carbonyl (C=O) groups is 1. The zero-order valence-corrected chi connectivity index (χ0v) is 16.3. The Bertz CT molecular complexity index is 728. The number of methoxy groups -OCH3 is 1. The van der Waals surface area contributed by atoms with E-state index >= 15 is 0 Å². The van der Waals surface area contributed by atoms with E-state index < -0.39 is 0 Å². The van der Waals surface area contributed by atoms with Crippen molar-refractivity contribution in [3.63, 3.8) is 0 Å². The second-order valence-electron chi connectivity index (χ2n) is 5.84. The van der Waals surface area contributed by atoms with E-state index in [-0.39, 0.29) is 6.03 Å². The second-order valence-corrected chi connectivity index (χ2v) is 7.09. The maximum atomic E-state index is 12.4. The summed E-state index contributed by atoms with van der Waals surface area (Å²) in [5.74, 6) is 0. The highest BCUT2D eigenvalue weighted by molar-refractivity contribution is 14.1. The van der Waals surface area contributed by atoms with Gasteiger partial charge in [0.15, 0.2) is 0 Å². The molecule has 25 heavy (non-hydrogen) atoms. The highest BCUT2D eigenvalue weighted by Crippen LogP contribution is 2.28. The van der Waals surface area contributed by atoms with E-state index in [0.717, 1.165) is 22.4 Å². The summed E-state index contributed by atoms with van der Waals surface area (Å²) in [4.78, 5) is 14.1. The number of rotatable bonds is 4. The zero-order chi connectivity index (χ0) is 17.6. The first-order valence-electron chi connectivity index (χ1n) is 8.19. The Labute approximate surface area is 161 Å².